The minimum absolute atomic E-state index is 0.0651. The molecule has 0 aromatic heterocycles. The maximum Gasteiger partial charge on any atom is 0.414 e. The van der Waals surface area contributed by atoms with Crippen molar-refractivity contribution >= 4 is 11.9 Å². The van der Waals surface area contributed by atoms with Gasteiger partial charge in [-0.3, -0.25) is 4.90 Å². The Morgan fingerprint density at radius 3 is 2.07 bits per heavy atom. The van der Waals surface area contributed by atoms with Gasteiger partial charge in [0.25, 0.3) is 0 Å². The summed E-state index contributed by atoms with van der Waals surface area (Å²) in [6.07, 6.45) is 5.19. The van der Waals surface area contributed by atoms with Crippen LogP contribution in [0.1, 0.15) is 38.2 Å². The molecule has 0 radical (unpaired) electrons. The third-order valence-electron chi connectivity index (χ3n) is 5.43. The second-order valence-electron chi connectivity index (χ2n) is 7.43. The molecule has 0 atom stereocenters. The van der Waals surface area contributed by atoms with Gasteiger partial charge >= 0.3 is 11.9 Å². The first-order valence-electron chi connectivity index (χ1n) is 9.53. The van der Waals surface area contributed by atoms with Crippen molar-refractivity contribution < 1.29 is 24.2 Å². The summed E-state index contributed by atoms with van der Waals surface area (Å²) in [5, 5.41) is 14.8. The van der Waals surface area contributed by atoms with Crippen LogP contribution in [0.25, 0.3) is 0 Å². The van der Waals surface area contributed by atoms with Crippen LogP contribution in [0, 0.1) is 11.7 Å². The normalized spacial score (nSPS) is 19.9. The minimum atomic E-state index is -1.82. The predicted molar refractivity (Wildman–Crippen MR) is 99.9 cm³/mol. The monoisotopic (exact) mass is 380 g/mol. The Hall–Kier alpha value is -1.99. The number of carbonyl (C=O) groups is 2. The van der Waals surface area contributed by atoms with Crippen LogP contribution in [-0.4, -0.2) is 64.2 Å². The number of carboxylic acid groups (broad SMARTS) is 2. The Kier molecular flexibility index (Phi) is 8.19. The van der Waals surface area contributed by atoms with Crippen LogP contribution in [0.2, 0.25) is 0 Å². The maximum atomic E-state index is 13.7. The van der Waals surface area contributed by atoms with Crippen LogP contribution in [0.3, 0.4) is 0 Å². The zero-order valence-electron chi connectivity index (χ0n) is 15.8. The first-order valence-corrected chi connectivity index (χ1v) is 9.53. The van der Waals surface area contributed by atoms with Crippen molar-refractivity contribution in [2.45, 2.75) is 45.2 Å². The number of benzene rings is 1. The third kappa shape index (κ3) is 6.92. The summed E-state index contributed by atoms with van der Waals surface area (Å²) in [7, 11) is 0. The molecule has 0 aliphatic carbocycles. The number of piperidine rings is 2. The molecule has 150 valence electrons. The molecule has 0 amide bonds. The van der Waals surface area contributed by atoms with Crippen molar-refractivity contribution in [3.05, 3.63) is 35.6 Å². The number of carboxylic acids is 2. The van der Waals surface area contributed by atoms with Gasteiger partial charge < -0.3 is 15.1 Å². The van der Waals surface area contributed by atoms with Crippen LogP contribution < -0.4 is 0 Å². The molecule has 6 nitrogen and oxygen atoms in total. The summed E-state index contributed by atoms with van der Waals surface area (Å²) in [4.78, 5) is 23.3. The highest BCUT2D eigenvalue weighted by atomic mass is 19.1. The Bertz CT molecular complexity index is 612. The fourth-order valence-electron chi connectivity index (χ4n) is 3.70. The molecule has 0 saturated carbocycles. The number of aliphatic carboxylic acids is 2. The van der Waals surface area contributed by atoms with Gasteiger partial charge in [-0.15, -0.1) is 0 Å². The quantitative estimate of drug-likeness (QED) is 0.785. The molecule has 3 rings (SSSR count). The average molecular weight is 380 g/mol. The molecule has 0 spiro atoms. The van der Waals surface area contributed by atoms with Gasteiger partial charge in [-0.1, -0.05) is 25.1 Å². The van der Waals surface area contributed by atoms with Gasteiger partial charge in [-0.05, 0) is 63.8 Å². The van der Waals surface area contributed by atoms with E-state index in [4.69, 9.17) is 19.8 Å². The fourth-order valence-corrected chi connectivity index (χ4v) is 3.70. The van der Waals surface area contributed by atoms with E-state index in [0.717, 1.165) is 37.2 Å². The molecule has 2 saturated heterocycles. The molecule has 0 bridgehead atoms. The number of rotatable bonds is 3. The van der Waals surface area contributed by atoms with Crippen molar-refractivity contribution in [1.29, 1.82) is 0 Å². The lowest BCUT2D eigenvalue weighted by molar-refractivity contribution is -0.159. The van der Waals surface area contributed by atoms with E-state index in [9.17, 15) is 4.39 Å². The lowest BCUT2D eigenvalue weighted by Crippen LogP contribution is -2.47. The minimum Gasteiger partial charge on any atom is -0.473 e. The smallest absolute Gasteiger partial charge is 0.414 e. The molecule has 7 heteroatoms. The Balaban J connectivity index is 0.000000380. The van der Waals surface area contributed by atoms with Gasteiger partial charge in [0.15, 0.2) is 0 Å². The summed E-state index contributed by atoms with van der Waals surface area (Å²) in [5.41, 5.74) is 0.836. The van der Waals surface area contributed by atoms with Crippen LogP contribution in [0.4, 0.5) is 4.39 Å². The summed E-state index contributed by atoms with van der Waals surface area (Å²) >= 11 is 0. The summed E-state index contributed by atoms with van der Waals surface area (Å²) in [6, 6.07) is 7.93. The molecular formula is C20H29FN2O4. The van der Waals surface area contributed by atoms with Gasteiger partial charge in [0, 0.05) is 18.2 Å². The van der Waals surface area contributed by atoms with Crippen molar-refractivity contribution in [2.24, 2.45) is 5.92 Å². The summed E-state index contributed by atoms with van der Waals surface area (Å²) < 4.78 is 13.7. The van der Waals surface area contributed by atoms with Gasteiger partial charge in [0.05, 0.1) is 0 Å². The van der Waals surface area contributed by atoms with E-state index < -0.39 is 11.9 Å². The standard InChI is InChI=1S/C18H27FN2.C2H2O4/c1-15-6-12-21(13-7-15)17-8-10-20(11-9-17)14-16-4-2-3-5-18(16)19;3-1(4)2(5)6/h2-5,15,17H,6-14H2,1H3;(H,3,4)(H,5,6). The number of hydrogen-bond donors (Lipinski definition) is 2. The van der Waals surface area contributed by atoms with Crippen LogP contribution in [-0.2, 0) is 16.1 Å². The van der Waals surface area contributed by atoms with E-state index in [0.29, 0.717) is 0 Å². The Morgan fingerprint density at radius 2 is 1.56 bits per heavy atom. The molecule has 2 fully saturated rings. The molecule has 2 aliphatic heterocycles. The van der Waals surface area contributed by atoms with E-state index in [1.165, 1.54) is 38.8 Å². The zero-order chi connectivity index (χ0) is 19.8. The highest BCUT2D eigenvalue weighted by molar-refractivity contribution is 6.27. The van der Waals surface area contributed by atoms with Crippen LogP contribution >= 0.6 is 0 Å². The first-order chi connectivity index (χ1) is 12.9. The fraction of sp³-hybridized carbons (Fsp3) is 0.600. The second kappa shape index (κ2) is 10.4. The summed E-state index contributed by atoms with van der Waals surface area (Å²) in [5.74, 6) is -2.81. The van der Waals surface area contributed by atoms with Crippen molar-refractivity contribution in [3.8, 4) is 0 Å². The average Bonchev–Trinajstić information content (AvgIpc) is 2.65. The van der Waals surface area contributed by atoms with E-state index >= 15 is 0 Å². The number of nitrogens with zero attached hydrogens (tertiary/aromatic N) is 2. The van der Waals surface area contributed by atoms with Crippen molar-refractivity contribution in [1.82, 2.24) is 9.80 Å². The Morgan fingerprint density at radius 1 is 1.00 bits per heavy atom. The van der Waals surface area contributed by atoms with E-state index in [2.05, 4.69) is 16.7 Å². The molecule has 2 N–H and O–H groups in total. The van der Waals surface area contributed by atoms with Crippen molar-refractivity contribution in [2.75, 3.05) is 26.2 Å². The molecular weight excluding hydrogens is 351 g/mol. The van der Waals surface area contributed by atoms with Crippen LogP contribution in [0.5, 0.6) is 0 Å². The summed E-state index contributed by atoms with van der Waals surface area (Å²) in [6.45, 7) is 7.89. The molecule has 27 heavy (non-hydrogen) atoms. The van der Waals surface area contributed by atoms with Gasteiger partial charge in [0.2, 0.25) is 0 Å². The SMILES string of the molecule is CC1CCN(C2CCN(Cc3ccccc3F)CC2)CC1.O=C(O)C(=O)O. The molecule has 0 unspecified atom stereocenters. The van der Waals surface area contributed by atoms with Gasteiger partial charge in [0.1, 0.15) is 5.82 Å². The lowest BCUT2D eigenvalue weighted by Gasteiger charge is -2.41. The Labute approximate surface area is 159 Å². The molecule has 1 aromatic rings. The zero-order valence-corrected chi connectivity index (χ0v) is 15.8. The van der Waals surface area contributed by atoms with Crippen molar-refractivity contribution in [3.63, 3.8) is 0 Å². The first kappa shape index (κ1) is 21.3. The van der Waals surface area contributed by atoms with Crippen LogP contribution in [0.15, 0.2) is 24.3 Å². The molecule has 1 aromatic carbocycles. The topological polar surface area (TPSA) is 81.1 Å². The van der Waals surface area contributed by atoms with Gasteiger partial charge in [-0.25, -0.2) is 14.0 Å². The van der Waals surface area contributed by atoms with E-state index in [1.807, 2.05) is 12.1 Å². The third-order valence-corrected chi connectivity index (χ3v) is 5.43. The number of hydrogen-bond acceptors (Lipinski definition) is 4. The second-order valence-corrected chi connectivity index (χ2v) is 7.43. The highest BCUT2D eigenvalue weighted by Gasteiger charge is 2.27. The highest BCUT2D eigenvalue weighted by Crippen LogP contribution is 2.24. The van der Waals surface area contributed by atoms with E-state index in [-0.39, 0.29) is 5.82 Å². The van der Waals surface area contributed by atoms with Gasteiger partial charge in [-0.2, -0.15) is 0 Å². The maximum absolute atomic E-state index is 13.7. The molecule has 2 aliphatic rings. The number of likely N-dealkylation sites (tertiary alicyclic amines) is 2. The van der Waals surface area contributed by atoms with E-state index in [1.54, 1.807) is 12.1 Å². The predicted octanol–water partition coefficient (Wildman–Crippen LogP) is 2.68. The number of halogens is 1. The molecule has 2 heterocycles. The lowest BCUT2D eigenvalue weighted by atomic mass is 9.95. The largest absolute Gasteiger partial charge is 0.473 e.